The van der Waals surface area contributed by atoms with Crippen LogP contribution in [-0.4, -0.2) is 70.7 Å². The van der Waals surface area contributed by atoms with Crippen LogP contribution in [0.25, 0.3) is 5.76 Å². The van der Waals surface area contributed by atoms with Crippen LogP contribution in [0.4, 0.5) is 13.2 Å². The molecule has 4 fully saturated rings. The molecule has 0 radical (unpaired) electrons. The quantitative estimate of drug-likeness (QED) is 0.125. The number of aliphatic hydroxyl groups is 1. The highest BCUT2D eigenvalue weighted by molar-refractivity contribution is 6.01. The number of nitrogens with zero attached hydrogens (tertiary/aromatic N) is 1. The third-order valence-electron chi connectivity index (χ3n) is 11.8. The third kappa shape index (κ3) is 4.60. The van der Waals surface area contributed by atoms with E-state index in [4.69, 9.17) is 9.47 Å². The van der Waals surface area contributed by atoms with E-state index in [1.54, 1.807) is 6.07 Å². The molecular weight excluding hydrogens is 585 g/mol. The van der Waals surface area contributed by atoms with Crippen LogP contribution in [0.15, 0.2) is 59.2 Å². The lowest BCUT2D eigenvalue weighted by molar-refractivity contribution is -0.982. The van der Waals surface area contributed by atoms with Crippen LogP contribution in [0.1, 0.15) is 71.3 Å². The van der Waals surface area contributed by atoms with Crippen molar-refractivity contribution in [1.29, 1.82) is 0 Å². The second kappa shape index (κ2) is 10.5. The van der Waals surface area contributed by atoms with Gasteiger partial charge in [0.25, 0.3) is 5.91 Å². The van der Waals surface area contributed by atoms with Crippen molar-refractivity contribution in [3.63, 3.8) is 0 Å². The Morgan fingerprint density at radius 2 is 1.89 bits per heavy atom. The smallest absolute Gasteiger partial charge is 0.425 e. The maximum Gasteiger partial charge on any atom is 0.425 e. The molecule has 1 aromatic carbocycles. The summed E-state index contributed by atoms with van der Waals surface area (Å²) in [6.07, 6.45) is 4.12. The Balaban J connectivity index is 1.31. The van der Waals surface area contributed by atoms with Crippen LogP contribution in [0.2, 0.25) is 0 Å². The molecule has 4 aliphatic carbocycles. The number of aliphatic hydroxyl groups excluding tert-OH is 1. The zero-order valence-corrected chi connectivity index (χ0v) is 26.0. The van der Waals surface area contributed by atoms with E-state index in [0.29, 0.717) is 18.0 Å². The van der Waals surface area contributed by atoms with E-state index in [0.717, 1.165) is 60.2 Å². The molecule has 10 heteroatoms. The van der Waals surface area contributed by atoms with Gasteiger partial charge >= 0.3 is 12.1 Å². The molecule has 1 spiro atoms. The third-order valence-corrected chi connectivity index (χ3v) is 11.8. The first-order valence-corrected chi connectivity index (χ1v) is 16.3. The van der Waals surface area contributed by atoms with Crippen molar-refractivity contribution in [3.8, 4) is 0 Å². The minimum atomic E-state index is -5.19. The molecule has 45 heavy (non-hydrogen) atoms. The van der Waals surface area contributed by atoms with E-state index in [9.17, 15) is 27.9 Å². The number of rotatable bonds is 7. The van der Waals surface area contributed by atoms with Gasteiger partial charge in [0, 0.05) is 42.6 Å². The van der Waals surface area contributed by atoms with Crippen LogP contribution < -0.4 is 5.32 Å². The Bertz CT molecular complexity index is 1500. The fourth-order valence-electron chi connectivity index (χ4n) is 9.83. The van der Waals surface area contributed by atoms with E-state index < -0.39 is 41.2 Å². The average Bonchev–Trinajstić information content (AvgIpc) is 3.72. The number of carbonyl (C=O) groups is 2. The van der Waals surface area contributed by atoms with Crippen molar-refractivity contribution in [1.82, 2.24) is 5.32 Å². The summed E-state index contributed by atoms with van der Waals surface area (Å²) in [6, 6.07) is 7.99. The Morgan fingerprint density at radius 1 is 1.16 bits per heavy atom. The number of hydrogen-bond acceptors (Lipinski definition) is 5. The Morgan fingerprint density at radius 3 is 2.53 bits per heavy atom. The van der Waals surface area contributed by atoms with Gasteiger partial charge in [-0.15, -0.1) is 0 Å². The van der Waals surface area contributed by atoms with Crippen molar-refractivity contribution in [2.45, 2.75) is 102 Å². The molecule has 242 valence electrons. The summed E-state index contributed by atoms with van der Waals surface area (Å²) in [7, 11) is 0. The molecule has 2 N–H and O–H groups in total. The van der Waals surface area contributed by atoms with Gasteiger partial charge in [0.2, 0.25) is 5.72 Å². The number of nitrogens with one attached hydrogen (secondary N) is 1. The zero-order chi connectivity index (χ0) is 31.9. The molecule has 3 unspecified atom stereocenters. The molecule has 2 bridgehead atoms. The normalized spacial score (nSPS) is 37.2. The van der Waals surface area contributed by atoms with Crippen molar-refractivity contribution in [2.24, 2.45) is 17.3 Å². The maximum absolute atomic E-state index is 14.4. The van der Waals surface area contributed by atoms with Crippen molar-refractivity contribution < 1.29 is 41.8 Å². The predicted molar refractivity (Wildman–Crippen MR) is 160 cm³/mol. The number of amides is 1. The number of esters is 1. The molecule has 1 amide bonds. The topological polar surface area (TPSA) is 84.9 Å². The second-order valence-corrected chi connectivity index (χ2v) is 14.4. The summed E-state index contributed by atoms with van der Waals surface area (Å²) in [5.74, 6) is -2.47. The van der Waals surface area contributed by atoms with Crippen LogP contribution in [0.5, 0.6) is 0 Å². The number of piperidine rings is 1. The molecule has 7 nitrogen and oxygen atoms in total. The monoisotopic (exact) mass is 627 g/mol. The van der Waals surface area contributed by atoms with Crippen LogP contribution in [-0.2, 0) is 19.1 Å². The summed E-state index contributed by atoms with van der Waals surface area (Å²) >= 11 is 0. The van der Waals surface area contributed by atoms with Gasteiger partial charge in [0.05, 0.1) is 31.3 Å². The summed E-state index contributed by atoms with van der Waals surface area (Å²) in [5, 5.41) is 13.2. The fourth-order valence-corrected chi connectivity index (χ4v) is 9.83. The molecule has 2 saturated heterocycles. The minimum Gasteiger partial charge on any atom is -0.506 e. The number of benzene rings is 1. The van der Waals surface area contributed by atoms with Gasteiger partial charge in [-0.3, -0.25) is 9.59 Å². The standard InChI is InChI=1S/C35H41F3N2O5/c1-20(2)40(19-22-12-13-22)17-16-33-25-10-7-11-27(33)44-31-28(33)24(18-26(25)40)14-15-34(31,45-21(3)41)39-32(43)29(35(36,37)38)30(42)23-8-5-4-6-9-23/h4-6,8-9,14-15,20,22,25-27,31H,7,10-13,16-19H2,1-3H3,(H-,39,42,43)/p+1/t25-,26+,27-,31?,33+,34?,40?/m0/s1. The molecular formula is C35H42F3N2O5+. The van der Waals surface area contributed by atoms with E-state index in [2.05, 4.69) is 19.2 Å². The van der Waals surface area contributed by atoms with E-state index >= 15 is 0 Å². The molecule has 2 aliphatic heterocycles. The van der Waals surface area contributed by atoms with Crippen molar-refractivity contribution in [2.75, 3.05) is 13.1 Å². The number of halogens is 3. The summed E-state index contributed by atoms with van der Waals surface area (Å²) in [5.41, 5.74) is -2.17. The molecule has 6 aliphatic rings. The van der Waals surface area contributed by atoms with Crippen molar-refractivity contribution in [3.05, 3.63) is 64.8 Å². The van der Waals surface area contributed by atoms with Crippen LogP contribution in [0.3, 0.4) is 0 Å². The van der Waals surface area contributed by atoms with E-state index in [1.807, 2.05) is 6.08 Å². The first kappa shape index (κ1) is 30.5. The number of ether oxygens (including phenoxy) is 2. The first-order valence-electron chi connectivity index (χ1n) is 16.3. The average molecular weight is 628 g/mol. The van der Waals surface area contributed by atoms with Crippen molar-refractivity contribution >= 4 is 17.6 Å². The number of quaternary nitrogens is 1. The summed E-state index contributed by atoms with van der Waals surface area (Å²) in [6.45, 7) is 8.03. The lowest BCUT2D eigenvalue weighted by atomic mass is 9.49. The van der Waals surface area contributed by atoms with Gasteiger partial charge in [-0.25, -0.2) is 0 Å². The fraction of sp³-hybridized carbons (Fsp3) is 0.600. The minimum absolute atomic E-state index is 0.158. The zero-order valence-electron chi connectivity index (χ0n) is 26.0. The van der Waals surface area contributed by atoms with Gasteiger partial charge < -0.3 is 24.4 Å². The lowest BCUT2D eigenvalue weighted by Crippen LogP contribution is -2.72. The van der Waals surface area contributed by atoms with Gasteiger partial charge in [-0.2, -0.15) is 13.2 Å². The predicted octanol–water partition coefficient (Wildman–Crippen LogP) is 6.13. The summed E-state index contributed by atoms with van der Waals surface area (Å²) < 4.78 is 57.0. The molecule has 1 aromatic rings. The molecule has 0 aromatic heterocycles. The largest absolute Gasteiger partial charge is 0.506 e. The second-order valence-electron chi connectivity index (χ2n) is 14.4. The van der Waals surface area contributed by atoms with Crippen LogP contribution in [0, 0.1) is 17.3 Å². The first-order chi connectivity index (χ1) is 21.3. The Kier molecular flexibility index (Phi) is 7.09. The highest BCUT2D eigenvalue weighted by Gasteiger charge is 2.72. The Hall–Kier alpha value is -3.11. The molecule has 7 atom stereocenters. The highest BCUT2D eigenvalue weighted by atomic mass is 19.4. The molecule has 2 saturated carbocycles. The SMILES string of the molecule is CC(=O)OC1(NC(=O)C(=C(O)c2ccccc2)C(F)(F)F)C=CC2=C3C1O[C@H]1CCC[C@H]4[C@@H](C2)[N+](CC2CC2)(C(C)C)CC[C@]314. The summed E-state index contributed by atoms with van der Waals surface area (Å²) in [4.78, 5) is 26.3. The van der Waals surface area contributed by atoms with Crippen LogP contribution >= 0.6 is 0 Å². The lowest BCUT2D eigenvalue weighted by Gasteiger charge is -2.64. The number of hydrogen-bond donors (Lipinski definition) is 2. The van der Waals surface area contributed by atoms with E-state index in [-0.39, 0.29) is 17.1 Å². The number of alkyl halides is 3. The Labute approximate surface area is 261 Å². The van der Waals surface area contributed by atoms with Gasteiger partial charge in [0.15, 0.2) is 5.57 Å². The van der Waals surface area contributed by atoms with E-state index in [1.165, 1.54) is 56.7 Å². The molecule has 2 heterocycles. The highest BCUT2D eigenvalue weighted by Crippen LogP contribution is 2.68. The maximum atomic E-state index is 14.4. The van der Waals surface area contributed by atoms with Gasteiger partial charge in [-0.05, 0) is 56.8 Å². The number of likely N-dealkylation sites (tertiary alicyclic amines) is 1. The molecule has 7 rings (SSSR count). The van der Waals surface area contributed by atoms with Gasteiger partial charge in [-0.1, -0.05) is 42.8 Å². The number of carbonyl (C=O) groups excluding carboxylic acids is 2. The van der Waals surface area contributed by atoms with Gasteiger partial charge in [0.1, 0.15) is 11.9 Å². The number of allylic oxidation sites excluding steroid dienone is 1.